The first-order valence-electron chi connectivity index (χ1n) is 5.05. The highest BCUT2D eigenvalue weighted by Gasteiger charge is 2.05. The van der Waals surface area contributed by atoms with Crippen LogP contribution in [-0.2, 0) is 9.47 Å². The van der Waals surface area contributed by atoms with Gasteiger partial charge in [-0.2, -0.15) is 0 Å². The van der Waals surface area contributed by atoms with Crippen molar-refractivity contribution >= 4 is 15.9 Å². The van der Waals surface area contributed by atoms with E-state index in [0.717, 1.165) is 38.1 Å². The number of halogens is 1. The number of ether oxygens (including phenoxy) is 2. The second kappa shape index (κ2) is 9.90. The van der Waals surface area contributed by atoms with Gasteiger partial charge in [0, 0.05) is 38.2 Å². The molecular formula is C10H22BrNO2. The smallest absolute Gasteiger partial charge is 0.0593 e. The number of hydrogen-bond donors (Lipinski definition) is 0. The van der Waals surface area contributed by atoms with Crippen molar-refractivity contribution in [2.24, 2.45) is 0 Å². The summed E-state index contributed by atoms with van der Waals surface area (Å²) in [6.07, 6.45) is 0.980. The Balaban J connectivity index is 3.18. The number of rotatable bonds is 9. The van der Waals surface area contributed by atoms with Crippen LogP contribution in [0.25, 0.3) is 0 Å². The molecule has 0 fully saturated rings. The van der Waals surface area contributed by atoms with E-state index in [1.807, 2.05) is 0 Å². The van der Waals surface area contributed by atoms with Crippen LogP contribution in [0.15, 0.2) is 0 Å². The fraction of sp³-hybridized carbons (Fsp3) is 1.00. The van der Waals surface area contributed by atoms with Gasteiger partial charge in [-0.1, -0.05) is 15.9 Å². The molecule has 0 aromatic heterocycles. The third-order valence-corrected chi connectivity index (χ3v) is 3.14. The molecule has 3 nitrogen and oxygen atoms in total. The zero-order valence-corrected chi connectivity index (χ0v) is 11.0. The van der Waals surface area contributed by atoms with Crippen molar-refractivity contribution in [3.8, 4) is 0 Å². The Hall–Kier alpha value is 0.360. The standard InChI is InChI=1S/C10H22BrNO2/c1-10(9-11)12(2)5-8-14-7-4-6-13-3/h10H,4-9H2,1-3H3. The maximum atomic E-state index is 5.46. The molecule has 0 aliphatic rings. The maximum Gasteiger partial charge on any atom is 0.0593 e. The zero-order valence-electron chi connectivity index (χ0n) is 9.46. The minimum absolute atomic E-state index is 0.567. The Morgan fingerprint density at radius 3 is 2.57 bits per heavy atom. The molecule has 0 spiro atoms. The molecule has 4 heteroatoms. The Kier molecular flexibility index (Phi) is 10.2. The molecule has 0 heterocycles. The van der Waals surface area contributed by atoms with Gasteiger partial charge >= 0.3 is 0 Å². The molecule has 0 bridgehead atoms. The van der Waals surface area contributed by atoms with Crippen molar-refractivity contribution in [2.45, 2.75) is 19.4 Å². The summed E-state index contributed by atoms with van der Waals surface area (Å²) < 4.78 is 10.4. The summed E-state index contributed by atoms with van der Waals surface area (Å²) in [5, 5.41) is 1.01. The average molecular weight is 268 g/mol. The molecule has 1 atom stereocenters. The van der Waals surface area contributed by atoms with Gasteiger partial charge in [0.2, 0.25) is 0 Å². The van der Waals surface area contributed by atoms with E-state index in [1.165, 1.54) is 0 Å². The predicted octanol–water partition coefficient (Wildman–Crippen LogP) is 1.75. The van der Waals surface area contributed by atoms with Gasteiger partial charge in [0.15, 0.2) is 0 Å². The summed E-state index contributed by atoms with van der Waals surface area (Å²) in [5.74, 6) is 0. The third-order valence-electron chi connectivity index (χ3n) is 2.20. The minimum Gasteiger partial charge on any atom is -0.385 e. The van der Waals surface area contributed by atoms with Crippen LogP contribution in [0.1, 0.15) is 13.3 Å². The fourth-order valence-electron chi connectivity index (χ4n) is 0.954. The van der Waals surface area contributed by atoms with Crippen molar-refractivity contribution in [1.82, 2.24) is 4.90 Å². The van der Waals surface area contributed by atoms with Crippen molar-refractivity contribution in [3.63, 3.8) is 0 Å². The molecule has 1 unspecified atom stereocenters. The monoisotopic (exact) mass is 267 g/mol. The van der Waals surface area contributed by atoms with Crippen LogP contribution >= 0.6 is 15.9 Å². The van der Waals surface area contributed by atoms with E-state index in [9.17, 15) is 0 Å². The van der Waals surface area contributed by atoms with Gasteiger partial charge in [0.05, 0.1) is 6.61 Å². The van der Waals surface area contributed by atoms with Gasteiger partial charge in [-0.05, 0) is 20.4 Å². The summed E-state index contributed by atoms with van der Waals surface area (Å²) >= 11 is 3.46. The molecule has 0 aromatic rings. The second-order valence-corrected chi connectivity index (χ2v) is 4.09. The van der Waals surface area contributed by atoms with E-state index < -0.39 is 0 Å². The molecule has 0 amide bonds. The molecule has 0 rings (SSSR count). The highest BCUT2D eigenvalue weighted by molar-refractivity contribution is 9.09. The zero-order chi connectivity index (χ0) is 10.8. The Bertz CT molecular complexity index is 125. The molecule has 0 N–H and O–H groups in total. The van der Waals surface area contributed by atoms with Crippen molar-refractivity contribution in [2.75, 3.05) is 45.9 Å². The van der Waals surface area contributed by atoms with Gasteiger partial charge in [0.25, 0.3) is 0 Å². The summed E-state index contributed by atoms with van der Waals surface area (Å²) in [7, 11) is 3.83. The number of methoxy groups -OCH3 is 1. The summed E-state index contributed by atoms with van der Waals surface area (Å²) in [5.41, 5.74) is 0. The van der Waals surface area contributed by atoms with Crippen LogP contribution in [0, 0.1) is 0 Å². The first-order valence-corrected chi connectivity index (χ1v) is 6.17. The van der Waals surface area contributed by atoms with Gasteiger partial charge in [-0.3, -0.25) is 0 Å². The van der Waals surface area contributed by atoms with Crippen molar-refractivity contribution < 1.29 is 9.47 Å². The average Bonchev–Trinajstić information content (AvgIpc) is 2.21. The summed E-state index contributed by atoms with van der Waals surface area (Å²) in [6, 6.07) is 0.567. The SMILES string of the molecule is COCCCOCCN(C)C(C)CBr. The van der Waals surface area contributed by atoms with Crippen LogP contribution in [0.3, 0.4) is 0 Å². The van der Waals surface area contributed by atoms with Gasteiger partial charge in [-0.15, -0.1) is 0 Å². The van der Waals surface area contributed by atoms with Gasteiger partial charge < -0.3 is 14.4 Å². The quantitative estimate of drug-likeness (QED) is 0.470. The molecule has 86 valence electrons. The van der Waals surface area contributed by atoms with E-state index in [4.69, 9.17) is 9.47 Å². The lowest BCUT2D eigenvalue weighted by Crippen LogP contribution is -2.33. The Labute approximate surface area is 95.9 Å². The van der Waals surface area contributed by atoms with Crippen molar-refractivity contribution in [3.05, 3.63) is 0 Å². The lowest BCUT2D eigenvalue weighted by molar-refractivity contribution is 0.0839. The van der Waals surface area contributed by atoms with E-state index in [-0.39, 0.29) is 0 Å². The van der Waals surface area contributed by atoms with E-state index in [2.05, 4.69) is 34.8 Å². The fourth-order valence-corrected chi connectivity index (χ4v) is 1.45. The second-order valence-electron chi connectivity index (χ2n) is 3.44. The van der Waals surface area contributed by atoms with Crippen LogP contribution in [0.5, 0.6) is 0 Å². The van der Waals surface area contributed by atoms with Crippen molar-refractivity contribution in [1.29, 1.82) is 0 Å². The maximum absolute atomic E-state index is 5.46. The highest BCUT2D eigenvalue weighted by Crippen LogP contribution is 1.98. The molecule has 0 saturated heterocycles. The normalized spacial score (nSPS) is 13.5. The molecular weight excluding hydrogens is 246 g/mol. The number of hydrogen-bond acceptors (Lipinski definition) is 3. The van der Waals surface area contributed by atoms with E-state index in [0.29, 0.717) is 6.04 Å². The van der Waals surface area contributed by atoms with Crippen LogP contribution < -0.4 is 0 Å². The van der Waals surface area contributed by atoms with Crippen LogP contribution in [-0.4, -0.2) is 56.8 Å². The summed E-state index contributed by atoms with van der Waals surface area (Å²) in [4.78, 5) is 2.28. The first kappa shape index (κ1) is 14.4. The van der Waals surface area contributed by atoms with Gasteiger partial charge in [-0.25, -0.2) is 0 Å². The highest BCUT2D eigenvalue weighted by atomic mass is 79.9. The number of likely N-dealkylation sites (N-methyl/N-ethyl adjacent to an activating group) is 1. The number of alkyl halides is 1. The van der Waals surface area contributed by atoms with E-state index in [1.54, 1.807) is 7.11 Å². The molecule has 0 radical (unpaired) electrons. The van der Waals surface area contributed by atoms with Gasteiger partial charge in [0.1, 0.15) is 0 Å². The predicted molar refractivity (Wildman–Crippen MR) is 63.2 cm³/mol. The van der Waals surface area contributed by atoms with Crippen LogP contribution in [0.4, 0.5) is 0 Å². The first-order chi connectivity index (χ1) is 6.72. The van der Waals surface area contributed by atoms with E-state index >= 15 is 0 Å². The third kappa shape index (κ3) is 7.74. The lowest BCUT2D eigenvalue weighted by Gasteiger charge is -2.22. The Morgan fingerprint density at radius 2 is 2.00 bits per heavy atom. The molecule has 0 saturated carbocycles. The minimum atomic E-state index is 0.567. The Morgan fingerprint density at radius 1 is 1.29 bits per heavy atom. The topological polar surface area (TPSA) is 21.7 Å². The molecule has 0 aromatic carbocycles. The lowest BCUT2D eigenvalue weighted by atomic mass is 10.3. The molecule has 14 heavy (non-hydrogen) atoms. The van der Waals surface area contributed by atoms with Crippen LogP contribution in [0.2, 0.25) is 0 Å². The molecule has 0 aliphatic heterocycles. The largest absolute Gasteiger partial charge is 0.385 e. The molecule has 0 aliphatic carbocycles. The number of nitrogens with zero attached hydrogens (tertiary/aromatic N) is 1. The summed E-state index contributed by atoms with van der Waals surface area (Å²) in [6.45, 7) is 5.56.